The van der Waals surface area contributed by atoms with E-state index in [-0.39, 0.29) is 0 Å². The maximum absolute atomic E-state index is 5.09. The third-order valence-corrected chi connectivity index (χ3v) is 21.6. The van der Waals surface area contributed by atoms with Crippen molar-refractivity contribution in [3.8, 4) is 113 Å². The molecule has 112 heavy (non-hydrogen) atoms. The van der Waals surface area contributed by atoms with Gasteiger partial charge in [-0.05, 0) is 145 Å². The van der Waals surface area contributed by atoms with Crippen LogP contribution in [0.4, 0.5) is 0 Å². The number of benzene rings is 14. The molecule has 0 saturated heterocycles. The Hall–Kier alpha value is -15.3. The average molecular weight is 1430 g/mol. The molecule has 0 aliphatic rings. The minimum absolute atomic E-state index is 0.695. The van der Waals surface area contributed by atoms with Crippen LogP contribution < -0.4 is 0 Å². The Bertz CT molecular complexity index is 6760. The zero-order chi connectivity index (χ0) is 74.0. The molecule has 0 amide bonds. The lowest BCUT2D eigenvalue weighted by Gasteiger charge is -2.11. The van der Waals surface area contributed by atoms with Crippen LogP contribution in [0.3, 0.4) is 0 Å². The van der Waals surface area contributed by atoms with Crippen LogP contribution in [0, 0.1) is 0 Å². The molecule has 0 atom stereocenters. The van der Waals surface area contributed by atoms with Crippen LogP contribution in [0.1, 0.15) is 0 Å². The molecule has 8 heterocycles. The number of nitrogens with zero attached hydrogens (tertiary/aromatic N) is 10. The number of fused-ring (bicyclic) bond motifs is 12. The van der Waals surface area contributed by atoms with Gasteiger partial charge in [0.15, 0.2) is 11.6 Å². The predicted octanol–water partition coefficient (Wildman–Crippen LogP) is 25.5. The summed E-state index contributed by atoms with van der Waals surface area (Å²) in [5.41, 5.74) is 27.4. The van der Waals surface area contributed by atoms with Crippen LogP contribution in [0.25, 0.3) is 200 Å². The second kappa shape index (κ2) is 27.5. The molecular formula is C102H66N10. The number of pyridine rings is 2. The highest BCUT2D eigenvalue weighted by atomic mass is 15.1. The Morgan fingerprint density at radius 2 is 0.411 bits per heavy atom. The van der Waals surface area contributed by atoms with E-state index in [0.29, 0.717) is 11.6 Å². The summed E-state index contributed by atoms with van der Waals surface area (Å²) >= 11 is 0. The third kappa shape index (κ3) is 11.5. The zero-order valence-corrected chi connectivity index (χ0v) is 60.6. The van der Waals surface area contributed by atoms with E-state index in [4.69, 9.17) is 29.9 Å². The van der Waals surface area contributed by atoms with Gasteiger partial charge in [-0.1, -0.05) is 255 Å². The molecular weight excluding hydrogens is 1370 g/mol. The highest BCUT2D eigenvalue weighted by molar-refractivity contribution is 6.14. The fraction of sp³-hybridized carbons (Fsp3) is 0. The Balaban J connectivity index is 0.000000141. The van der Waals surface area contributed by atoms with Gasteiger partial charge in [-0.2, -0.15) is 0 Å². The monoisotopic (exact) mass is 1430 g/mol. The number of rotatable bonds is 12. The molecule has 0 aliphatic carbocycles. The second-order valence-electron chi connectivity index (χ2n) is 28.2. The smallest absolute Gasteiger partial charge is 0.160 e. The van der Waals surface area contributed by atoms with Crippen molar-refractivity contribution in [2.24, 2.45) is 0 Å². The number of hydrogen-bond donors (Lipinski definition) is 0. The van der Waals surface area contributed by atoms with Crippen LogP contribution in [-0.4, -0.2) is 48.2 Å². The summed E-state index contributed by atoms with van der Waals surface area (Å²) < 4.78 is 9.22. The van der Waals surface area contributed by atoms with Crippen LogP contribution in [0.15, 0.2) is 401 Å². The summed E-state index contributed by atoms with van der Waals surface area (Å²) in [6, 6.07) is 136. The van der Waals surface area contributed by atoms with E-state index in [1.807, 2.05) is 97.3 Å². The van der Waals surface area contributed by atoms with Gasteiger partial charge in [0.25, 0.3) is 0 Å². The first-order valence-corrected chi connectivity index (χ1v) is 37.7. The number of para-hydroxylation sites is 6. The van der Waals surface area contributed by atoms with E-state index in [0.717, 1.165) is 156 Å². The van der Waals surface area contributed by atoms with Gasteiger partial charge < -0.3 is 9.13 Å². The summed E-state index contributed by atoms with van der Waals surface area (Å²) in [4.78, 5) is 30.3. The van der Waals surface area contributed by atoms with Crippen molar-refractivity contribution in [3.05, 3.63) is 401 Å². The lowest BCUT2D eigenvalue weighted by molar-refractivity contribution is 1.14. The number of aromatic nitrogens is 10. The standard InChI is InChI=1S/2C51H33N5/c1-4-14-34(15-5-1)45-32-46(54-50(53-45)36-16-6-2-7-17-36)35-24-27-40(28-25-35)55-47-22-12-10-20-41(47)43-30-37(26-29-49(43)55)38-31-44-42-21-11-13-23-48(42)56(51(44)52-33-38)39-18-8-3-9-19-39;1-4-14-34(15-5-1)45-32-46(35-16-6-2-7-17-35)54-50(53-45)36-24-27-40(28-25-36)55-47-22-12-10-20-41(47)43-30-37(26-29-49(43)55)38-31-44-42-21-11-13-23-48(42)56(51(44)52-33-38)39-18-8-3-9-19-39/h2*1-33H. The van der Waals surface area contributed by atoms with Crippen molar-refractivity contribution in [1.29, 1.82) is 0 Å². The Morgan fingerprint density at radius 3 is 0.777 bits per heavy atom. The first-order chi connectivity index (χ1) is 55.5. The fourth-order valence-electron chi connectivity index (χ4n) is 16.2. The zero-order valence-electron chi connectivity index (χ0n) is 60.6. The molecule has 10 nitrogen and oxygen atoms in total. The van der Waals surface area contributed by atoms with Gasteiger partial charge in [-0.3, -0.25) is 9.13 Å². The topological polar surface area (TPSA) is 97.1 Å². The molecule has 0 spiro atoms. The van der Waals surface area contributed by atoms with E-state index >= 15 is 0 Å². The van der Waals surface area contributed by atoms with Crippen molar-refractivity contribution in [2.45, 2.75) is 0 Å². The predicted molar refractivity (Wildman–Crippen MR) is 460 cm³/mol. The van der Waals surface area contributed by atoms with Gasteiger partial charge in [0.05, 0.1) is 55.9 Å². The van der Waals surface area contributed by atoms with Crippen LogP contribution in [0.5, 0.6) is 0 Å². The summed E-state index contributed by atoms with van der Waals surface area (Å²) in [7, 11) is 0. The lowest BCUT2D eigenvalue weighted by atomic mass is 10.0. The molecule has 0 fully saturated rings. The quantitative estimate of drug-likeness (QED) is 0.121. The maximum atomic E-state index is 5.09. The molecule has 0 bridgehead atoms. The van der Waals surface area contributed by atoms with E-state index in [9.17, 15) is 0 Å². The van der Waals surface area contributed by atoms with Crippen molar-refractivity contribution in [3.63, 3.8) is 0 Å². The van der Waals surface area contributed by atoms with Gasteiger partial charge in [-0.25, -0.2) is 29.9 Å². The molecule has 22 rings (SSSR count). The summed E-state index contributed by atoms with van der Waals surface area (Å²) in [6.07, 6.45) is 4.02. The van der Waals surface area contributed by atoms with Crippen molar-refractivity contribution in [1.82, 2.24) is 48.2 Å². The summed E-state index contributed by atoms with van der Waals surface area (Å²) in [6.45, 7) is 0. The summed E-state index contributed by atoms with van der Waals surface area (Å²) in [5, 5.41) is 9.46. The van der Waals surface area contributed by atoms with Crippen LogP contribution in [-0.2, 0) is 0 Å². The molecule has 8 aromatic heterocycles. The second-order valence-corrected chi connectivity index (χ2v) is 28.2. The largest absolute Gasteiger partial charge is 0.309 e. The number of hydrogen-bond acceptors (Lipinski definition) is 6. The molecule has 0 unspecified atom stereocenters. The van der Waals surface area contributed by atoms with Crippen LogP contribution in [0.2, 0.25) is 0 Å². The molecule has 14 aromatic carbocycles. The van der Waals surface area contributed by atoms with Gasteiger partial charge in [0.2, 0.25) is 0 Å². The average Bonchev–Trinajstić information content (AvgIpc) is 1.59. The van der Waals surface area contributed by atoms with Gasteiger partial charge in [0.1, 0.15) is 11.3 Å². The van der Waals surface area contributed by atoms with Crippen molar-refractivity contribution in [2.75, 3.05) is 0 Å². The lowest BCUT2D eigenvalue weighted by Crippen LogP contribution is -1.97. The molecule has 0 radical (unpaired) electrons. The van der Waals surface area contributed by atoms with E-state index in [1.54, 1.807) is 0 Å². The minimum Gasteiger partial charge on any atom is -0.309 e. The van der Waals surface area contributed by atoms with Gasteiger partial charge in [-0.15, -0.1) is 0 Å². The Labute approximate surface area is 645 Å². The molecule has 0 aliphatic heterocycles. The minimum atomic E-state index is 0.695. The Morgan fingerprint density at radius 1 is 0.161 bits per heavy atom. The first-order valence-electron chi connectivity index (χ1n) is 37.7. The normalized spacial score (nSPS) is 11.6. The highest BCUT2D eigenvalue weighted by Crippen LogP contribution is 2.42. The maximum Gasteiger partial charge on any atom is 0.160 e. The van der Waals surface area contributed by atoms with Crippen LogP contribution >= 0.6 is 0 Å². The molecule has 0 saturated carbocycles. The molecule has 22 aromatic rings. The highest BCUT2D eigenvalue weighted by Gasteiger charge is 2.22. The van der Waals surface area contributed by atoms with E-state index in [1.165, 1.54) is 32.3 Å². The van der Waals surface area contributed by atoms with Gasteiger partial charge >= 0.3 is 0 Å². The Kier molecular flexibility index (Phi) is 16.0. The van der Waals surface area contributed by atoms with E-state index in [2.05, 4.69) is 322 Å². The van der Waals surface area contributed by atoms with Crippen molar-refractivity contribution < 1.29 is 0 Å². The first kappa shape index (κ1) is 65.1. The fourth-order valence-corrected chi connectivity index (χ4v) is 16.2. The summed E-state index contributed by atoms with van der Waals surface area (Å²) in [5.74, 6) is 1.40. The van der Waals surface area contributed by atoms with E-state index < -0.39 is 0 Å². The SMILES string of the molecule is c1ccc(-c2cc(-c3ccc(-n4c5ccccc5c5cc(-c6cnc7c(c6)c6ccccc6n7-c6ccccc6)ccc54)cc3)nc(-c3ccccc3)n2)cc1.c1ccc(-c2cc(-c3ccccc3)nc(-c3ccc(-n4c5ccccc5c5cc(-c6cnc7c(c6)c6ccccc6n7-c6ccccc6)ccc54)cc3)n2)cc1. The molecule has 10 heteroatoms. The molecule has 0 N–H and O–H groups in total. The van der Waals surface area contributed by atoms with Gasteiger partial charge in [0, 0.05) is 123 Å². The van der Waals surface area contributed by atoms with Crippen molar-refractivity contribution >= 4 is 87.5 Å². The molecule has 524 valence electrons. The third-order valence-electron chi connectivity index (χ3n) is 21.6.